The van der Waals surface area contributed by atoms with Crippen molar-refractivity contribution in [1.29, 1.82) is 0 Å². The van der Waals surface area contributed by atoms with Crippen LogP contribution in [0.5, 0.6) is 0 Å². The smallest absolute Gasteiger partial charge is 0.325 e. The zero-order valence-corrected chi connectivity index (χ0v) is 19.8. The van der Waals surface area contributed by atoms with E-state index in [1.54, 1.807) is 0 Å². The molecule has 2 fully saturated rings. The Morgan fingerprint density at radius 1 is 1.14 bits per heavy atom. The maximum Gasteiger partial charge on any atom is 0.325 e. The maximum atomic E-state index is 12.7. The zero-order valence-electron chi connectivity index (χ0n) is 19.8. The maximum absolute atomic E-state index is 12.7. The van der Waals surface area contributed by atoms with Crippen molar-refractivity contribution in [3.05, 3.63) is 0 Å². The van der Waals surface area contributed by atoms with E-state index in [-0.39, 0.29) is 28.8 Å². The van der Waals surface area contributed by atoms with Gasteiger partial charge in [0.05, 0.1) is 13.2 Å². The van der Waals surface area contributed by atoms with E-state index in [0.29, 0.717) is 18.8 Å². The second-order valence-electron chi connectivity index (χ2n) is 11.4. The molecule has 4 nitrogen and oxygen atoms in total. The molecule has 2 rings (SSSR count). The normalized spacial score (nSPS) is 33.3. The van der Waals surface area contributed by atoms with Crippen molar-refractivity contribution < 1.29 is 14.6 Å². The van der Waals surface area contributed by atoms with Crippen molar-refractivity contribution in [2.75, 3.05) is 7.11 Å². The number of ether oxygens (including phenoxy) is 1. The Hall–Kier alpha value is -0.610. The summed E-state index contributed by atoms with van der Waals surface area (Å²) in [6, 6.07) is 0. The summed E-state index contributed by atoms with van der Waals surface area (Å²) in [5, 5.41) is 11.0. The first-order valence-electron chi connectivity index (χ1n) is 12.1. The average molecular weight is 410 g/mol. The molecule has 2 aliphatic carbocycles. The molecule has 0 aromatic carbocycles. The zero-order chi connectivity index (χ0) is 21.7. The Morgan fingerprint density at radius 3 is 2.38 bits per heavy atom. The highest BCUT2D eigenvalue weighted by Crippen LogP contribution is 2.47. The van der Waals surface area contributed by atoms with Crippen LogP contribution in [-0.2, 0) is 9.53 Å². The van der Waals surface area contributed by atoms with Crippen LogP contribution in [0.2, 0.25) is 0 Å². The fourth-order valence-corrected chi connectivity index (χ4v) is 6.04. The molecule has 0 radical (unpaired) electrons. The number of methoxy groups -OCH3 is 1. The first kappa shape index (κ1) is 24.7. The molecule has 0 aromatic rings. The lowest BCUT2D eigenvalue weighted by molar-refractivity contribution is -0.148. The second-order valence-corrected chi connectivity index (χ2v) is 11.4. The number of hydrogen-bond acceptors (Lipinski definition) is 4. The molecular weight excluding hydrogens is 362 g/mol. The molecule has 4 atom stereocenters. The van der Waals surface area contributed by atoms with Gasteiger partial charge in [0, 0.05) is 0 Å². The second kappa shape index (κ2) is 10.1. The van der Waals surface area contributed by atoms with Gasteiger partial charge in [-0.3, -0.25) is 4.79 Å². The first-order valence-corrected chi connectivity index (χ1v) is 12.1. The molecular formula is C25H47NO3. The number of carbonyl (C=O) groups is 1. The third kappa shape index (κ3) is 6.69. The molecule has 3 N–H and O–H groups in total. The summed E-state index contributed by atoms with van der Waals surface area (Å²) in [6.45, 7) is 8.98. The number of esters is 1. The van der Waals surface area contributed by atoms with Gasteiger partial charge in [-0.1, -0.05) is 66.2 Å². The predicted molar refractivity (Wildman–Crippen MR) is 120 cm³/mol. The lowest BCUT2D eigenvalue weighted by Crippen LogP contribution is -2.51. The van der Waals surface area contributed by atoms with E-state index in [1.165, 1.54) is 39.2 Å². The number of aliphatic hydroxyl groups excluding tert-OH is 1. The van der Waals surface area contributed by atoms with Gasteiger partial charge in [0.15, 0.2) is 0 Å². The number of hydrogen-bond donors (Lipinski definition) is 2. The minimum Gasteiger partial charge on any atom is -0.468 e. The van der Waals surface area contributed by atoms with Crippen LogP contribution < -0.4 is 5.73 Å². The molecule has 2 saturated carbocycles. The molecule has 0 aliphatic heterocycles. The summed E-state index contributed by atoms with van der Waals surface area (Å²) in [5.41, 5.74) is 5.93. The molecule has 0 spiro atoms. The summed E-state index contributed by atoms with van der Waals surface area (Å²) in [6.07, 6.45) is 13.5. The molecule has 1 unspecified atom stereocenters. The van der Waals surface area contributed by atoms with Gasteiger partial charge in [0.1, 0.15) is 5.54 Å². The number of rotatable bonds is 7. The lowest BCUT2D eigenvalue weighted by atomic mass is 9.62. The topological polar surface area (TPSA) is 72.6 Å². The van der Waals surface area contributed by atoms with E-state index in [2.05, 4.69) is 27.7 Å². The van der Waals surface area contributed by atoms with Crippen molar-refractivity contribution in [1.82, 2.24) is 0 Å². The fraction of sp³-hybridized carbons (Fsp3) is 0.960. The van der Waals surface area contributed by atoms with Crippen molar-refractivity contribution in [3.8, 4) is 0 Å². The first-order chi connectivity index (χ1) is 13.5. The highest BCUT2D eigenvalue weighted by Gasteiger charge is 2.43. The van der Waals surface area contributed by atoms with Crippen LogP contribution in [0.1, 0.15) is 111 Å². The molecule has 0 bridgehead atoms. The Labute approximate surface area is 179 Å². The van der Waals surface area contributed by atoms with E-state index in [1.807, 2.05) is 0 Å². The minimum atomic E-state index is -0.928. The Kier molecular flexibility index (Phi) is 8.61. The highest BCUT2D eigenvalue weighted by molar-refractivity contribution is 5.80. The lowest BCUT2D eigenvalue weighted by Gasteiger charge is -2.45. The molecule has 0 amide bonds. The van der Waals surface area contributed by atoms with Crippen LogP contribution in [-0.4, -0.2) is 29.8 Å². The van der Waals surface area contributed by atoms with E-state index in [4.69, 9.17) is 10.5 Å². The Morgan fingerprint density at radius 2 is 1.79 bits per heavy atom. The molecule has 2 aliphatic rings. The Balaban J connectivity index is 2.11. The molecule has 4 heteroatoms. The summed E-state index contributed by atoms with van der Waals surface area (Å²) in [7, 11) is 1.45. The highest BCUT2D eigenvalue weighted by atomic mass is 16.5. The summed E-state index contributed by atoms with van der Waals surface area (Å²) in [5.74, 6) is 0.676. The van der Waals surface area contributed by atoms with Gasteiger partial charge in [0.2, 0.25) is 0 Å². The van der Waals surface area contributed by atoms with Crippen LogP contribution in [0.15, 0.2) is 0 Å². The van der Waals surface area contributed by atoms with Gasteiger partial charge in [-0.2, -0.15) is 0 Å². The number of carbonyl (C=O) groups excluding carboxylic acids is 1. The average Bonchev–Trinajstić information content (AvgIpc) is 2.69. The van der Waals surface area contributed by atoms with E-state index in [0.717, 1.165) is 38.5 Å². The van der Waals surface area contributed by atoms with Crippen molar-refractivity contribution in [2.45, 2.75) is 123 Å². The fourth-order valence-electron chi connectivity index (χ4n) is 6.04. The minimum absolute atomic E-state index is 0.117. The number of aliphatic hydroxyl groups is 1. The quantitative estimate of drug-likeness (QED) is 0.537. The standard InChI is InChI=1S/C25H47NO3/c1-6-24(4)14-12-20(16-21(27)23(2,3)18-24)17-25(26,22(28)29-5)15-13-19-10-8-7-9-11-19/h19-21,27H,6-18,26H2,1-5H3/t20-,21+,24?,25+/m0/s1. The van der Waals surface area contributed by atoms with Crippen LogP contribution in [0.25, 0.3) is 0 Å². The largest absolute Gasteiger partial charge is 0.468 e. The van der Waals surface area contributed by atoms with Crippen LogP contribution in [0.4, 0.5) is 0 Å². The summed E-state index contributed by atoms with van der Waals surface area (Å²) >= 11 is 0. The van der Waals surface area contributed by atoms with Gasteiger partial charge in [0.25, 0.3) is 0 Å². The monoisotopic (exact) mass is 409 g/mol. The van der Waals surface area contributed by atoms with Crippen molar-refractivity contribution in [2.24, 2.45) is 28.4 Å². The summed E-state index contributed by atoms with van der Waals surface area (Å²) < 4.78 is 5.16. The van der Waals surface area contributed by atoms with Gasteiger partial charge >= 0.3 is 5.97 Å². The molecule has 0 aromatic heterocycles. The third-order valence-corrected chi connectivity index (χ3v) is 8.32. The van der Waals surface area contributed by atoms with E-state index >= 15 is 0 Å². The van der Waals surface area contributed by atoms with E-state index in [9.17, 15) is 9.90 Å². The number of nitrogens with two attached hydrogens (primary N) is 1. The van der Waals surface area contributed by atoms with Gasteiger partial charge in [-0.25, -0.2) is 0 Å². The van der Waals surface area contributed by atoms with Gasteiger partial charge < -0.3 is 15.6 Å². The molecule has 0 saturated heterocycles. The SMILES string of the molecule is CCC1(C)CC[C@H](C[C@](N)(CCC2CCCCC2)C(=O)OC)C[C@@H](O)C(C)(C)C1. The van der Waals surface area contributed by atoms with Crippen LogP contribution >= 0.6 is 0 Å². The van der Waals surface area contributed by atoms with Gasteiger partial charge in [-0.15, -0.1) is 0 Å². The molecule has 0 heterocycles. The molecule has 170 valence electrons. The van der Waals surface area contributed by atoms with E-state index < -0.39 is 5.54 Å². The van der Waals surface area contributed by atoms with Crippen LogP contribution in [0, 0.1) is 22.7 Å². The third-order valence-electron chi connectivity index (χ3n) is 8.32. The molecule has 29 heavy (non-hydrogen) atoms. The van der Waals surface area contributed by atoms with Crippen LogP contribution in [0.3, 0.4) is 0 Å². The van der Waals surface area contributed by atoms with Crippen molar-refractivity contribution >= 4 is 5.97 Å². The Bertz CT molecular complexity index is 525. The summed E-state index contributed by atoms with van der Waals surface area (Å²) in [4.78, 5) is 12.7. The van der Waals surface area contributed by atoms with Gasteiger partial charge in [-0.05, 0) is 67.6 Å². The van der Waals surface area contributed by atoms with Crippen molar-refractivity contribution in [3.63, 3.8) is 0 Å². The predicted octanol–water partition coefficient (Wildman–Crippen LogP) is 5.60.